The fourth-order valence-electron chi connectivity index (χ4n) is 1.69. The predicted molar refractivity (Wildman–Crippen MR) is 66.8 cm³/mol. The fourth-order valence-corrected chi connectivity index (χ4v) is 3.08. The first kappa shape index (κ1) is 12.5. The van der Waals surface area contributed by atoms with E-state index in [1.165, 1.54) is 11.3 Å². The van der Waals surface area contributed by atoms with Crippen molar-refractivity contribution in [1.82, 2.24) is 0 Å². The number of fused-ring (bicyclic) bond motifs is 1. The van der Waals surface area contributed by atoms with E-state index in [0.717, 1.165) is 41.4 Å². The molecule has 1 heterocycles. The van der Waals surface area contributed by atoms with Crippen LogP contribution in [0.15, 0.2) is 11.6 Å². The smallest absolute Gasteiger partial charge is 0.264 e. The topological polar surface area (TPSA) is 60.4 Å². The maximum atomic E-state index is 10.9. The average Bonchev–Trinajstić information content (AvgIpc) is 2.67. The van der Waals surface area contributed by atoms with Gasteiger partial charge >= 0.3 is 0 Å². The Morgan fingerprint density at radius 1 is 1.47 bits per heavy atom. The van der Waals surface area contributed by atoms with Gasteiger partial charge in [0.15, 0.2) is 6.29 Å². The van der Waals surface area contributed by atoms with Gasteiger partial charge in [-0.1, -0.05) is 0 Å². The maximum Gasteiger partial charge on any atom is 0.264 e. The Morgan fingerprint density at radius 2 is 2.24 bits per heavy atom. The van der Waals surface area contributed by atoms with Crippen LogP contribution in [0.3, 0.4) is 0 Å². The molecule has 0 N–H and O–H groups in total. The third-order valence-corrected chi connectivity index (χ3v) is 4.08. The van der Waals surface area contributed by atoms with Gasteiger partial charge in [0, 0.05) is 4.88 Å². The summed E-state index contributed by atoms with van der Waals surface area (Å²) in [4.78, 5) is 12.4. The van der Waals surface area contributed by atoms with Crippen LogP contribution in [0.1, 0.15) is 26.5 Å². The second-order valence-electron chi connectivity index (χ2n) is 3.93. The third-order valence-electron chi connectivity index (χ3n) is 2.49. The van der Waals surface area contributed by atoms with E-state index in [4.69, 9.17) is 4.18 Å². The lowest BCUT2D eigenvalue weighted by Gasteiger charge is -2.12. The van der Waals surface area contributed by atoms with Crippen LogP contribution in [-0.2, 0) is 20.7 Å². The van der Waals surface area contributed by atoms with Gasteiger partial charge in [-0.25, -0.2) is 0 Å². The monoisotopic (exact) mass is 272 g/mol. The van der Waals surface area contributed by atoms with E-state index in [1.807, 2.05) is 12.1 Å². The van der Waals surface area contributed by atoms with Crippen LogP contribution < -0.4 is 0 Å². The first-order chi connectivity index (χ1) is 7.98. The van der Waals surface area contributed by atoms with Crippen molar-refractivity contribution in [3.63, 3.8) is 0 Å². The molecule has 2 rings (SSSR count). The van der Waals surface area contributed by atoms with E-state index in [0.29, 0.717) is 4.88 Å². The molecule has 0 saturated carbocycles. The van der Waals surface area contributed by atoms with Crippen LogP contribution >= 0.6 is 11.3 Å². The number of rotatable bonds is 4. The number of aryl methyl sites for hydroxylation is 1. The number of carbonyl (C=O) groups is 1. The second kappa shape index (κ2) is 4.72. The number of thiophene rings is 1. The van der Waals surface area contributed by atoms with Crippen molar-refractivity contribution in [3.05, 3.63) is 27.0 Å². The van der Waals surface area contributed by atoms with E-state index in [2.05, 4.69) is 0 Å². The Bertz CT molecular complexity index is 566. The molecule has 0 atom stereocenters. The predicted octanol–water partition coefficient (Wildman–Crippen LogP) is 1.87. The normalized spacial score (nSPS) is 15.2. The van der Waals surface area contributed by atoms with Crippen LogP contribution in [-0.4, -0.2) is 27.6 Å². The molecule has 0 aromatic carbocycles. The van der Waals surface area contributed by atoms with Crippen molar-refractivity contribution in [2.24, 2.45) is 0 Å². The van der Waals surface area contributed by atoms with Crippen molar-refractivity contribution in [3.8, 4) is 0 Å². The molecular weight excluding hydrogens is 260 g/mol. The van der Waals surface area contributed by atoms with Gasteiger partial charge in [-0.15, -0.1) is 11.3 Å². The molecule has 4 nitrogen and oxygen atoms in total. The lowest BCUT2D eigenvalue weighted by Crippen LogP contribution is -2.08. The van der Waals surface area contributed by atoms with Gasteiger partial charge in [0.2, 0.25) is 0 Å². The van der Waals surface area contributed by atoms with Gasteiger partial charge in [-0.3, -0.25) is 8.98 Å². The molecule has 1 aliphatic rings. The van der Waals surface area contributed by atoms with Crippen molar-refractivity contribution in [2.75, 3.05) is 12.9 Å². The first-order valence-electron chi connectivity index (χ1n) is 5.09. The molecule has 92 valence electrons. The summed E-state index contributed by atoms with van der Waals surface area (Å²) in [5, 5.41) is 0. The largest absolute Gasteiger partial charge is 0.297 e. The third kappa shape index (κ3) is 3.24. The molecule has 1 aromatic rings. The van der Waals surface area contributed by atoms with Gasteiger partial charge < -0.3 is 0 Å². The van der Waals surface area contributed by atoms with Crippen LogP contribution in [0, 0.1) is 0 Å². The highest BCUT2D eigenvalue weighted by molar-refractivity contribution is 7.86. The van der Waals surface area contributed by atoms with E-state index >= 15 is 0 Å². The summed E-state index contributed by atoms with van der Waals surface area (Å²) in [6, 6.07) is 1.89. The van der Waals surface area contributed by atoms with Gasteiger partial charge in [0.05, 0.1) is 17.7 Å². The molecular formula is C11H12O4S2. The van der Waals surface area contributed by atoms with Crippen LogP contribution in [0.2, 0.25) is 0 Å². The Morgan fingerprint density at radius 3 is 2.88 bits per heavy atom. The first-order valence-corrected chi connectivity index (χ1v) is 7.73. The molecule has 1 aromatic heterocycles. The number of hydrogen-bond donors (Lipinski definition) is 0. The van der Waals surface area contributed by atoms with E-state index < -0.39 is 10.1 Å². The van der Waals surface area contributed by atoms with Crippen molar-refractivity contribution in [2.45, 2.75) is 12.8 Å². The minimum atomic E-state index is -3.39. The Labute approximate surface area is 104 Å². The lowest BCUT2D eigenvalue weighted by molar-refractivity contribution is 0.112. The Balaban J connectivity index is 2.14. The minimum Gasteiger partial charge on any atom is -0.297 e. The van der Waals surface area contributed by atoms with Crippen LogP contribution in [0.4, 0.5) is 0 Å². The zero-order chi connectivity index (χ0) is 12.5. The molecule has 0 fully saturated rings. The molecule has 1 aliphatic carbocycles. The highest BCUT2D eigenvalue weighted by Gasteiger charge is 2.15. The number of carbonyl (C=O) groups excluding carboxylic acids is 1. The van der Waals surface area contributed by atoms with Crippen molar-refractivity contribution >= 4 is 33.8 Å². The Kier molecular flexibility index (Phi) is 3.46. The zero-order valence-electron chi connectivity index (χ0n) is 9.30. The van der Waals surface area contributed by atoms with Crippen molar-refractivity contribution in [1.29, 1.82) is 0 Å². The quantitative estimate of drug-likeness (QED) is 0.620. The average molecular weight is 272 g/mol. The number of aldehydes is 1. The zero-order valence-corrected chi connectivity index (χ0v) is 10.9. The fraction of sp³-hybridized carbons (Fsp3) is 0.364. The Hall–Kier alpha value is -0.980. The SMILES string of the molecule is CS(=O)(=O)OCC1=Cc2sc(C=O)cc2CC1. The molecule has 0 aliphatic heterocycles. The molecule has 6 heteroatoms. The van der Waals surface area contributed by atoms with E-state index in [-0.39, 0.29) is 6.61 Å². The van der Waals surface area contributed by atoms with E-state index in [1.54, 1.807) is 0 Å². The van der Waals surface area contributed by atoms with Gasteiger partial charge in [0.25, 0.3) is 10.1 Å². The molecule has 0 spiro atoms. The lowest BCUT2D eigenvalue weighted by atomic mass is 9.99. The number of hydrogen-bond acceptors (Lipinski definition) is 5. The van der Waals surface area contributed by atoms with Gasteiger partial charge in [-0.2, -0.15) is 8.42 Å². The maximum absolute atomic E-state index is 10.9. The standard InChI is InChI=1S/C11H12O4S2/c1-17(13,14)15-7-8-2-3-9-5-10(6-12)16-11(9)4-8/h4-6H,2-3,7H2,1H3. The highest BCUT2D eigenvalue weighted by atomic mass is 32.2. The second-order valence-corrected chi connectivity index (χ2v) is 6.68. The molecule has 0 bridgehead atoms. The minimum absolute atomic E-state index is 0.104. The molecule has 0 radical (unpaired) electrons. The van der Waals surface area contributed by atoms with Crippen LogP contribution in [0.25, 0.3) is 6.08 Å². The van der Waals surface area contributed by atoms with Crippen molar-refractivity contribution < 1.29 is 17.4 Å². The van der Waals surface area contributed by atoms with Crippen LogP contribution in [0.5, 0.6) is 0 Å². The summed E-state index contributed by atoms with van der Waals surface area (Å²) >= 11 is 1.42. The summed E-state index contributed by atoms with van der Waals surface area (Å²) in [5.41, 5.74) is 2.10. The molecule has 0 unspecified atom stereocenters. The van der Waals surface area contributed by atoms with Gasteiger partial charge in [-0.05, 0) is 36.1 Å². The van der Waals surface area contributed by atoms with E-state index in [9.17, 15) is 13.2 Å². The summed E-state index contributed by atoms with van der Waals surface area (Å²) in [6.07, 6.45) is 5.40. The summed E-state index contributed by atoms with van der Waals surface area (Å²) < 4.78 is 26.5. The van der Waals surface area contributed by atoms with Gasteiger partial charge in [0.1, 0.15) is 0 Å². The molecule has 17 heavy (non-hydrogen) atoms. The summed E-state index contributed by atoms with van der Waals surface area (Å²) in [7, 11) is -3.39. The summed E-state index contributed by atoms with van der Waals surface area (Å²) in [5.74, 6) is 0. The summed E-state index contributed by atoms with van der Waals surface area (Å²) in [6.45, 7) is 0.104. The molecule has 0 saturated heterocycles. The highest BCUT2D eigenvalue weighted by Crippen LogP contribution is 2.30. The molecule has 0 amide bonds.